The van der Waals surface area contributed by atoms with Crippen LogP contribution in [0.4, 0.5) is 5.69 Å². The molecule has 0 bridgehead atoms. The average molecular weight is 476 g/mol. The molecular formula is C24H33N3O5S. The number of amides is 2. The summed E-state index contributed by atoms with van der Waals surface area (Å²) in [6.07, 6.45) is 1.42. The van der Waals surface area contributed by atoms with Crippen molar-refractivity contribution < 1.29 is 22.7 Å². The standard InChI is InChI=1S/C24H33N3O5S/c1-7-20(24(29)25-4)26(15-19-10-8-9-17(2)13-19)23(28)16-27(33(6,30)31)21-14-18(3)11-12-22(21)32-5/h8-14,20H,7,15-16H2,1-6H3,(H,25,29)/t20-/m0/s1. The molecule has 0 aliphatic rings. The van der Waals surface area contributed by atoms with Crippen molar-refractivity contribution in [2.24, 2.45) is 0 Å². The fourth-order valence-corrected chi connectivity index (χ4v) is 4.53. The van der Waals surface area contributed by atoms with E-state index in [-0.39, 0.29) is 18.1 Å². The van der Waals surface area contributed by atoms with Crippen LogP contribution in [-0.2, 0) is 26.2 Å². The summed E-state index contributed by atoms with van der Waals surface area (Å²) in [5.74, 6) is -0.458. The van der Waals surface area contributed by atoms with E-state index in [2.05, 4.69) is 5.32 Å². The van der Waals surface area contributed by atoms with E-state index in [0.717, 1.165) is 27.3 Å². The first-order valence-corrected chi connectivity index (χ1v) is 12.6. The SMILES string of the molecule is CC[C@@H](C(=O)NC)N(Cc1cccc(C)c1)C(=O)CN(c1cc(C)ccc1OC)S(C)(=O)=O. The van der Waals surface area contributed by atoms with E-state index in [1.54, 1.807) is 18.2 Å². The maximum absolute atomic E-state index is 13.6. The van der Waals surface area contributed by atoms with Gasteiger partial charge in [0.25, 0.3) is 0 Å². The minimum absolute atomic E-state index is 0.176. The lowest BCUT2D eigenvalue weighted by Gasteiger charge is -2.33. The zero-order chi connectivity index (χ0) is 24.8. The molecule has 0 aliphatic heterocycles. The average Bonchev–Trinajstić information content (AvgIpc) is 2.76. The highest BCUT2D eigenvalue weighted by Gasteiger charge is 2.32. The van der Waals surface area contributed by atoms with Crippen LogP contribution in [0.1, 0.15) is 30.0 Å². The number of hydrogen-bond donors (Lipinski definition) is 1. The number of aryl methyl sites for hydroxylation is 2. The van der Waals surface area contributed by atoms with Gasteiger partial charge in [-0.3, -0.25) is 13.9 Å². The van der Waals surface area contributed by atoms with E-state index in [1.165, 1.54) is 19.1 Å². The smallest absolute Gasteiger partial charge is 0.244 e. The normalized spacial score (nSPS) is 12.1. The highest BCUT2D eigenvalue weighted by Crippen LogP contribution is 2.31. The maximum Gasteiger partial charge on any atom is 0.244 e. The largest absolute Gasteiger partial charge is 0.495 e. The summed E-state index contributed by atoms with van der Waals surface area (Å²) >= 11 is 0. The van der Waals surface area contributed by atoms with Crippen molar-refractivity contribution in [3.05, 3.63) is 59.2 Å². The highest BCUT2D eigenvalue weighted by molar-refractivity contribution is 7.92. The van der Waals surface area contributed by atoms with Gasteiger partial charge in [-0.25, -0.2) is 8.42 Å². The van der Waals surface area contributed by atoms with Gasteiger partial charge in [0.2, 0.25) is 21.8 Å². The fourth-order valence-electron chi connectivity index (χ4n) is 3.68. The lowest BCUT2D eigenvalue weighted by atomic mass is 10.1. The number of sulfonamides is 1. The molecule has 0 unspecified atom stereocenters. The van der Waals surface area contributed by atoms with E-state index >= 15 is 0 Å². The molecule has 2 rings (SSSR count). The van der Waals surface area contributed by atoms with Crippen molar-refractivity contribution >= 4 is 27.5 Å². The third kappa shape index (κ3) is 6.71. The molecule has 2 aromatic rings. The first-order valence-electron chi connectivity index (χ1n) is 10.7. The number of carbonyl (C=O) groups excluding carboxylic acids is 2. The number of nitrogens with one attached hydrogen (secondary N) is 1. The molecule has 33 heavy (non-hydrogen) atoms. The van der Waals surface area contributed by atoms with Crippen molar-refractivity contribution in [3.8, 4) is 5.75 Å². The molecule has 8 nitrogen and oxygen atoms in total. The van der Waals surface area contributed by atoms with E-state index in [1.807, 2.05) is 45.0 Å². The van der Waals surface area contributed by atoms with Crippen molar-refractivity contribution in [2.45, 2.75) is 39.8 Å². The van der Waals surface area contributed by atoms with E-state index in [9.17, 15) is 18.0 Å². The number of likely N-dealkylation sites (N-methyl/N-ethyl adjacent to an activating group) is 1. The predicted molar refractivity (Wildman–Crippen MR) is 130 cm³/mol. The molecule has 0 heterocycles. The third-order valence-electron chi connectivity index (χ3n) is 5.35. The second-order valence-corrected chi connectivity index (χ2v) is 9.90. The van der Waals surface area contributed by atoms with Gasteiger partial charge in [0.15, 0.2) is 0 Å². The second-order valence-electron chi connectivity index (χ2n) is 7.99. The first-order chi connectivity index (χ1) is 15.5. The summed E-state index contributed by atoms with van der Waals surface area (Å²) in [4.78, 5) is 27.6. The van der Waals surface area contributed by atoms with E-state index < -0.39 is 28.5 Å². The molecule has 0 aliphatic carbocycles. The molecule has 1 N–H and O–H groups in total. The minimum atomic E-state index is -3.83. The molecule has 0 saturated carbocycles. The van der Waals surface area contributed by atoms with Crippen LogP contribution in [0, 0.1) is 13.8 Å². The van der Waals surface area contributed by atoms with Crippen LogP contribution in [0.3, 0.4) is 0 Å². The Morgan fingerprint density at radius 2 is 1.76 bits per heavy atom. The molecule has 0 fully saturated rings. The van der Waals surface area contributed by atoms with Crippen molar-refractivity contribution in [2.75, 3.05) is 31.3 Å². The van der Waals surface area contributed by atoms with Gasteiger partial charge in [0.05, 0.1) is 19.1 Å². The van der Waals surface area contributed by atoms with Gasteiger partial charge in [0.1, 0.15) is 18.3 Å². The van der Waals surface area contributed by atoms with Crippen molar-refractivity contribution in [1.29, 1.82) is 0 Å². The monoisotopic (exact) mass is 475 g/mol. The van der Waals surface area contributed by atoms with Crippen LogP contribution >= 0.6 is 0 Å². The topological polar surface area (TPSA) is 96.0 Å². The number of rotatable bonds is 10. The molecule has 1 atom stereocenters. The molecule has 0 spiro atoms. The molecule has 0 radical (unpaired) electrons. The van der Waals surface area contributed by atoms with Gasteiger partial charge in [-0.05, 0) is 43.5 Å². The van der Waals surface area contributed by atoms with E-state index in [4.69, 9.17) is 4.74 Å². The van der Waals surface area contributed by atoms with Gasteiger partial charge in [0, 0.05) is 13.6 Å². The van der Waals surface area contributed by atoms with Gasteiger partial charge < -0.3 is 15.0 Å². The first kappa shape index (κ1) is 26.2. The summed E-state index contributed by atoms with van der Waals surface area (Å²) in [7, 11) is -0.870. The number of benzene rings is 2. The summed E-state index contributed by atoms with van der Waals surface area (Å²) in [6.45, 7) is 5.30. The zero-order valence-corrected chi connectivity index (χ0v) is 20.9. The Kier molecular flexibility index (Phi) is 8.87. The minimum Gasteiger partial charge on any atom is -0.495 e. The lowest BCUT2D eigenvalue weighted by molar-refractivity contribution is -0.140. The number of anilines is 1. The Hall–Kier alpha value is -3.07. The second kappa shape index (κ2) is 11.2. The highest BCUT2D eigenvalue weighted by atomic mass is 32.2. The number of carbonyl (C=O) groups is 2. The van der Waals surface area contributed by atoms with Crippen LogP contribution in [0.15, 0.2) is 42.5 Å². The molecule has 180 valence electrons. The van der Waals surface area contributed by atoms with Crippen LogP contribution < -0.4 is 14.4 Å². The summed E-state index contributed by atoms with van der Waals surface area (Å²) in [5.41, 5.74) is 2.97. The maximum atomic E-state index is 13.6. The summed E-state index contributed by atoms with van der Waals surface area (Å²) in [6, 6.07) is 12.0. The number of nitrogens with zero attached hydrogens (tertiary/aromatic N) is 2. The summed E-state index contributed by atoms with van der Waals surface area (Å²) in [5, 5.41) is 2.60. The van der Waals surface area contributed by atoms with Crippen LogP contribution in [0.5, 0.6) is 5.75 Å². The zero-order valence-electron chi connectivity index (χ0n) is 20.1. The lowest BCUT2D eigenvalue weighted by Crippen LogP contribution is -2.51. The third-order valence-corrected chi connectivity index (χ3v) is 6.48. The fraction of sp³-hybridized carbons (Fsp3) is 0.417. The number of hydrogen-bond acceptors (Lipinski definition) is 5. The number of methoxy groups -OCH3 is 1. The predicted octanol–water partition coefficient (Wildman–Crippen LogP) is 2.63. The van der Waals surface area contributed by atoms with Crippen LogP contribution in [-0.4, -0.2) is 58.1 Å². The Bertz CT molecular complexity index is 1100. The van der Waals surface area contributed by atoms with Gasteiger partial charge in [-0.2, -0.15) is 0 Å². The molecule has 0 saturated heterocycles. The van der Waals surface area contributed by atoms with Crippen molar-refractivity contribution in [3.63, 3.8) is 0 Å². The quantitative estimate of drug-likeness (QED) is 0.570. The number of ether oxygens (including phenoxy) is 1. The Morgan fingerprint density at radius 3 is 2.30 bits per heavy atom. The van der Waals surface area contributed by atoms with Gasteiger partial charge in [-0.15, -0.1) is 0 Å². The van der Waals surface area contributed by atoms with Crippen LogP contribution in [0.25, 0.3) is 0 Å². The Labute approximate surface area is 196 Å². The Balaban J connectivity index is 2.50. The molecule has 0 aromatic heterocycles. The summed E-state index contributed by atoms with van der Waals surface area (Å²) < 4.78 is 31.8. The Morgan fingerprint density at radius 1 is 1.09 bits per heavy atom. The van der Waals surface area contributed by atoms with Gasteiger partial charge in [-0.1, -0.05) is 42.8 Å². The van der Waals surface area contributed by atoms with Crippen molar-refractivity contribution in [1.82, 2.24) is 10.2 Å². The molecular weight excluding hydrogens is 442 g/mol. The van der Waals surface area contributed by atoms with E-state index in [0.29, 0.717) is 12.2 Å². The molecule has 2 aromatic carbocycles. The molecule has 2 amide bonds. The van der Waals surface area contributed by atoms with Gasteiger partial charge >= 0.3 is 0 Å². The van der Waals surface area contributed by atoms with Crippen LogP contribution in [0.2, 0.25) is 0 Å². The molecule has 9 heteroatoms.